The largest absolute Gasteiger partial charge is 0.493 e. The van der Waals surface area contributed by atoms with Crippen LogP contribution in [-0.4, -0.2) is 27.0 Å². The second kappa shape index (κ2) is 5.61. The van der Waals surface area contributed by atoms with Gasteiger partial charge in [-0.25, -0.2) is 0 Å². The Balaban J connectivity index is 1.77. The van der Waals surface area contributed by atoms with E-state index in [4.69, 9.17) is 14.2 Å². The molecule has 4 heteroatoms. The zero-order valence-corrected chi connectivity index (χ0v) is 9.49. The lowest BCUT2D eigenvalue weighted by Gasteiger charge is -2.06. The van der Waals surface area contributed by atoms with Gasteiger partial charge >= 0.3 is 0 Å². The Bertz CT molecular complexity index is 341. The van der Waals surface area contributed by atoms with Gasteiger partial charge in [-0.15, -0.1) is 0 Å². The number of fused-ring (bicyclic) bond motifs is 1. The van der Waals surface area contributed by atoms with Crippen molar-refractivity contribution in [2.24, 2.45) is 0 Å². The fourth-order valence-electron chi connectivity index (χ4n) is 1.56. The molecule has 0 spiro atoms. The first-order chi connectivity index (χ1) is 7.90. The van der Waals surface area contributed by atoms with E-state index in [0.29, 0.717) is 6.79 Å². The Morgan fingerprint density at radius 3 is 3.00 bits per heavy atom. The molecule has 0 unspecified atom stereocenters. The van der Waals surface area contributed by atoms with Gasteiger partial charge in [0.2, 0.25) is 6.79 Å². The van der Waals surface area contributed by atoms with Crippen LogP contribution in [0.15, 0.2) is 18.2 Å². The summed E-state index contributed by atoms with van der Waals surface area (Å²) in [5.41, 5.74) is 0. The first-order valence-electron chi connectivity index (χ1n) is 5.57. The van der Waals surface area contributed by atoms with Gasteiger partial charge in [0.25, 0.3) is 0 Å². The third-order valence-corrected chi connectivity index (χ3v) is 2.43. The summed E-state index contributed by atoms with van der Waals surface area (Å²) in [5.74, 6) is 2.41. The van der Waals surface area contributed by atoms with Crippen molar-refractivity contribution in [1.82, 2.24) is 5.32 Å². The molecule has 0 aromatic heterocycles. The number of hydrogen-bond acceptors (Lipinski definition) is 4. The zero-order valence-electron chi connectivity index (χ0n) is 9.49. The predicted octanol–water partition coefficient (Wildman–Crippen LogP) is 1.79. The molecule has 0 saturated heterocycles. The second-order valence-electron chi connectivity index (χ2n) is 3.67. The third kappa shape index (κ3) is 2.79. The first-order valence-corrected chi connectivity index (χ1v) is 5.57. The molecule has 0 saturated carbocycles. The van der Waals surface area contributed by atoms with Gasteiger partial charge in [-0.3, -0.25) is 0 Å². The fourth-order valence-corrected chi connectivity index (χ4v) is 1.56. The topological polar surface area (TPSA) is 39.7 Å². The van der Waals surface area contributed by atoms with Crippen molar-refractivity contribution in [3.63, 3.8) is 0 Å². The molecule has 16 heavy (non-hydrogen) atoms. The highest BCUT2D eigenvalue weighted by Crippen LogP contribution is 2.35. The number of hydrogen-bond donors (Lipinski definition) is 1. The molecule has 0 fully saturated rings. The van der Waals surface area contributed by atoms with Gasteiger partial charge in [0, 0.05) is 6.07 Å². The van der Waals surface area contributed by atoms with E-state index >= 15 is 0 Å². The molecule has 88 valence electrons. The van der Waals surface area contributed by atoms with Crippen LogP contribution in [-0.2, 0) is 0 Å². The van der Waals surface area contributed by atoms with Gasteiger partial charge in [-0.05, 0) is 38.6 Å². The zero-order chi connectivity index (χ0) is 11.2. The molecule has 4 nitrogen and oxygen atoms in total. The standard InChI is InChI=1S/C12H17NO3/c1-13-6-2-3-7-14-10-4-5-11-12(8-10)16-9-15-11/h4-5,8,13H,2-3,6-7,9H2,1H3. The monoisotopic (exact) mass is 223 g/mol. The molecule has 1 aromatic carbocycles. The highest BCUT2D eigenvalue weighted by molar-refractivity contribution is 5.46. The molecule has 0 atom stereocenters. The highest BCUT2D eigenvalue weighted by Gasteiger charge is 2.13. The number of nitrogens with one attached hydrogen (secondary N) is 1. The van der Waals surface area contributed by atoms with E-state index in [0.717, 1.165) is 43.2 Å². The maximum absolute atomic E-state index is 5.61. The lowest BCUT2D eigenvalue weighted by Crippen LogP contribution is -2.09. The minimum atomic E-state index is 0.307. The molecule has 0 radical (unpaired) electrons. The minimum absolute atomic E-state index is 0.307. The Morgan fingerprint density at radius 1 is 1.25 bits per heavy atom. The quantitative estimate of drug-likeness (QED) is 0.746. The first kappa shape index (κ1) is 11.1. The average Bonchev–Trinajstić information content (AvgIpc) is 2.76. The third-order valence-electron chi connectivity index (χ3n) is 2.43. The van der Waals surface area contributed by atoms with Crippen LogP contribution < -0.4 is 19.5 Å². The van der Waals surface area contributed by atoms with Crippen LogP contribution in [0.4, 0.5) is 0 Å². The summed E-state index contributed by atoms with van der Waals surface area (Å²) in [6.45, 7) is 2.08. The smallest absolute Gasteiger partial charge is 0.231 e. The van der Waals surface area contributed by atoms with Crippen molar-refractivity contribution in [3.05, 3.63) is 18.2 Å². The summed E-state index contributed by atoms with van der Waals surface area (Å²) in [4.78, 5) is 0. The lowest BCUT2D eigenvalue weighted by molar-refractivity contribution is 0.173. The normalized spacial score (nSPS) is 12.8. The van der Waals surface area contributed by atoms with Crippen LogP contribution in [0.1, 0.15) is 12.8 Å². The number of benzene rings is 1. The Kier molecular flexibility index (Phi) is 3.88. The molecule has 1 aromatic rings. The van der Waals surface area contributed by atoms with Crippen molar-refractivity contribution in [3.8, 4) is 17.2 Å². The van der Waals surface area contributed by atoms with E-state index in [1.165, 1.54) is 0 Å². The van der Waals surface area contributed by atoms with Crippen LogP contribution in [0.3, 0.4) is 0 Å². The Morgan fingerprint density at radius 2 is 2.12 bits per heavy atom. The van der Waals surface area contributed by atoms with Crippen LogP contribution in [0.5, 0.6) is 17.2 Å². The lowest BCUT2D eigenvalue weighted by atomic mass is 10.3. The van der Waals surface area contributed by atoms with Crippen molar-refractivity contribution >= 4 is 0 Å². The maximum atomic E-state index is 5.61. The Hall–Kier alpha value is -1.42. The summed E-state index contributed by atoms with van der Waals surface area (Å²) in [6.07, 6.45) is 2.18. The molecule has 0 bridgehead atoms. The summed E-state index contributed by atoms with van der Waals surface area (Å²) in [6, 6.07) is 5.66. The SMILES string of the molecule is CNCCCCOc1ccc2c(c1)OCO2. The summed E-state index contributed by atoms with van der Waals surface area (Å²) < 4.78 is 16.1. The van der Waals surface area contributed by atoms with Gasteiger partial charge in [0.15, 0.2) is 11.5 Å². The van der Waals surface area contributed by atoms with Crippen molar-refractivity contribution in [2.45, 2.75) is 12.8 Å². The van der Waals surface area contributed by atoms with Crippen molar-refractivity contribution in [2.75, 3.05) is 27.0 Å². The number of rotatable bonds is 6. The van der Waals surface area contributed by atoms with Gasteiger partial charge in [0.05, 0.1) is 6.61 Å². The number of unbranched alkanes of at least 4 members (excludes halogenated alkanes) is 1. The van der Waals surface area contributed by atoms with Crippen molar-refractivity contribution in [1.29, 1.82) is 0 Å². The van der Waals surface area contributed by atoms with E-state index in [9.17, 15) is 0 Å². The van der Waals surface area contributed by atoms with E-state index in [1.807, 2.05) is 25.2 Å². The van der Waals surface area contributed by atoms with E-state index in [-0.39, 0.29) is 0 Å². The molecule has 1 heterocycles. The molecule has 2 rings (SSSR count). The minimum Gasteiger partial charge on any atom is -0.493 e. The van der Waals surface area contributed by atoms with Gasteiger partial charge in [0.1, 0.15) is 5.75 Å². The van der Waals surface area contributed by atoms with E-state index < -0.39 is 0 Å². The fraction of sp³-hybridized carbons (Fsp3) is 0.500. The molecular weight excluding hydrogens is 206 g/mol. The molecule has 1 N–H and O–H groups in total. The Labute approximate surface area is 95.5 Å². The predicted molar refractivity (Wildman–Crippen MR) is 61.2 cm³/mol. The van der Waals surface area contributed by atoms with E-state index in [1.54, 1.807) is 0 Å². The molecule has 0 amide bonds. The van der Waals surface area contributed by atoms with E-state index in [2.05, 4.69) is 5.32 Å². The van der Waals surface area contributed by atoms with Gasteiger partial charge in [-0.2, -0.15) is 0 Å². The summed E-state index contributed by atoms with van der Waals surface area (Å²) in [5, 5.41) is 3.11. The summed E-state index contributed by atoms with van der Waals surface area (Å²) >= 11 is 0. The van der Waals surface area contributed by atoms with Gasteiger partial charge < -0.3 is 19.5 Å². The van der Waals surface area contributed by atoms with Gasteiger partial charge in [-0.1, -0.05) is 0 Å². The van der Waals surface area contributed by atoms with Crippen LogP contribution in [0, 0.1) is 0 Å². The van der Waals surface area contributed by atoms with Crippen LogP contribution >= 0.6 is 0 Å². The average molecular weight is 223 g/mol. The highest BCUT2D eigenvalue weighted by atomic mass is 16.7. The maximum Gasteiger partial charge on any atom is 0.231 e. The molecular formula is C12H17NO3. The second-order valence-corrected chi connectivity index (χ2v) is 3.67. The molecule has 1 aliphatic heterocycles. The van der Waals surface area contributed by atoms with Crippen LogP contribution in [0.25, 0.3) is 0 Å². The van der Waals surface area contributed by atoms with Crippen molar-refractivity contribution < 1.29 is 14.2 Å². The molecule has 1 aliphatic rings. The molecule has 0 aliphatic carbocycles. The van der Waals surface area contributed by atoms with Crippen LogP contribution in [0.2, 0.25) is 0 Å². The number of ether oxygens (including phenoxy) is 3. The summed E-state index contributed by atoms with van der Waals surface area (Å²) in [7, 11) is 1.96.